The average molecular weight is 422 g/mol. The molecule has 2 aliphatic heterocycles. The summed E-state index contributed by atoms with van der Waals surface area (Å²) in [4.78, 5) is 0. The maximum absolute atomic E-state index is 3.00. The Morgan fingerprint density at radius 1 is 0.615 bits per heavy atom. The molecule has 0 amide bonds. The molecule has 26 heavy (non-hydrogen) atoms. The van der Waals surface area contributed by atoms with Crippen LogP contribution in [0.25, 0.3) is 0 Å². The van der Waals surface area contributed by atoms with E-state index in [-0.39, 0.29) is 25.3 Å². The smallest absolute Gasteiger partial charge is 0.0432 e. The summed E-state index contributed by atoms with van der Waals surface area (Å²) in [5, 5.41) is 0. The van der Waals surface area contributed by atoms with E-state index in [0.717, 1.165) is 17.7 Å². The molecule has 2 atom stereocenters. The van der Waals surface area contributed by atoms with Gasteiger partial charge < -0.3 is 0 Å². The Morgan fingerprint density at radius 3 is 1.42 bits per heavy atom. The van der Waals surface area contributed by atoms with Gasteiger partial charge in [-0.1, -0.05) is 58.8 Å². The Balaban J connectivity index is 0.000000351. The van der Waals surface area contributed by atoms with E-state index in [2.05, 4.69) is 23.2 Å². The quantitative estimate of drug-likeness (QED) is 0.350. The van der Waals surface area contributed by atoms with Gasteiger partial charge in [-0.15, -0.1) is 0 Å². The molecule has 0 aromatic carbocycles. The molecule has 2 nitrogen and oxygen atoms in total. The van der Waals surface area contributed by atoms with Crippen molar-refractivity contribution in [2.45, 2.75) is 128 Å². The standard InChI is InChI=1S/C17H33N2P.C5H10.Fe/c1-3-15-9-7-13-18(15)20(17-11-5-6-12-17)19-14-8-10-16(19)4-2;1-2-4-5-3-1;/h15-17H,3-14H2,1-2H3;1-5H2;/t15-,16-;;/m0../s1. The molecule has 2 heterocycles. The van der Waals surface area contributed by atoms with E-state index in [0.29, 0.717) is 0 Å². The van der Waals surface area contributed by atoms with Gasteiger partial charge in [-0.2, -0.15) is 0 Å². The van der Waals surface area contributed by atoms with Crippen molar-refractivity contribution >= 4 is 8.22 Å². The molecule has 0 N–H and O–H groups in total. The zero-order chi connectivity index (χ0) is 17.5. The van der Waals surface area contributed by atoms with E-state index in [1.165, 1.54) is 109 Å². The van der Waals surface area contributed by atoms with Crippen LogP contribution in [0, 0.1) is 0 Å². The molecule has 0 unspecified atom stereocenters. The molecule has 4 rings (SSSR count). The van der Waals surface area contributed by atoms with Crippen LogP contribution in [0.3, 0.4) is 0 Å². The van der Waals surface area contributed by atoms with Crippen LogP contribution in [-0.4, -0.2) is 40.2 Å². The monoisotopic (exact) mass is 422 g/mol. The topological polar surface area (TPSA) is 6.48 Å². The van der Waals surface area contributed by atoms with E-state index < -0.39 is 0 Å². The van der Waals surface area contributed by atoms with Crippen molar-refractivity contribution in [3.63, 3.8) is 0 Å². The molecule has 4 heteroatoms. The first kappa shape index (κ1) is 23.2. The molecule has 154 valence electrons. The van der Waals surface area contributed by atoms with Crippen LogP contribution in [0.5, 0.6) is 0 Å². The van der Waals surface area contributed by atoms with Gasteiger partial charge in [-0.25, -0.2) is 0 Å². The van der Waals surface area contributed by atoms with E-state index in [1.54, 1.807) is 0 Å². The van der Waals surface area contributed by atoms with Gasteiger partial charge in [-0.05, 0) is 51.4 Å². The summed E-state index contributed by atoms with van der Waals surface area (Å²) in [6.07, 6.45) is 22.1. The first-order valence-electron chi connectivity index (χ1n) is 11.7. The molecule has 0 aromatic rings. The van der Waals surface area contributed by atoms with Gasteiger partial charge in [-0.3, -0.25) is 9.34 Å². The maximum atomic E-state index is 3.00. The second kappa shape index (κ2) is 12.4. The molecule has 2 saturated heterocycles. The molecular weight excluding hydrogens is 379 g/mol. The Hall–Kier alpha value is 0.869. The van der Waals surface area contributed by atoms with Crippen molar-refractivity contribution in [1.29, 1.82) is 0 Å². The summed E-state index contributed by atoms with van der Waals surface area (Å²) in [6.45, 7) is 7.61. The van der Waals surface area contributed by atoms with Crippen LogP contribution >= 0.6 is 8.22 Å². The van der Waals surface area contributed by atoms with Crippen molar-refractivity contribution in [2.24, 2.45) is 0 Å². The van der Waals surface area contributed by atoms with Crippen LogP contribution in [0.2, 0.25) is 0 Å². The van der Waals surface area contributed by atoms with Crippen LogP contribution in [0.15, 0.2) is 0 Å². The van der Waals surface area contributed by atoms with Gasteiger partial charge in [0.1, 0.15) is 0 Å². The molecule has 4 fully saturated rings. The zero-order valence-corrected chi connectivity index (χ0v) is 19.4. The number of rotatable bonds is 5. The first-order chi connectivity index (χ1) is 12.3. The SMILES string of the molecule is C1CCCC1.CC[C@H]1CCCN1P(C1CCCC1)N1CCC[C@@H]1CC.[Fe]. The Labute approximate surface area is 175 Å². The van der Waals surface area contributed by atoms with Gasteiger partial charge >= 0.3 is 0 Å². The third-order valence-electron chi connectivity index (χ3n) is 7.06. The van der Waals surface area contributed by atoms with Crippen molar-refractivity contribution < 1.29 is 17.1 Å². The maximum Gasteiger partial charge on any atom is 0.0432 e. The molecular formula is C22H43FeN2P. The third-order valence-corrected chi connectivity index (χ3v) is 10.3. The predicted molar refractivity (Wildman–Crippen MR) is 112 cm³/mol. The Kier molecular flexibility index (Phi) is 11.1. The molecule has 0 bridgehead atoms. The fourth-order valence-electron chi connectivity index (χ4n) is 5.60. The first-order valence-corrected chi connectivity index (χ1v) is 13.0. The van der Waals surface area contributed by atoms with E-state index >= 15 is 0 Å². The van der Waals surface area contributed by atoms with Gasteiger partial charge in [0.2, 0.25) is 0 Å². The van der Waals surface area contributed by atoms with Gasteiger partial charge in [0.25, 0.3) is 0 Å². The van der Waals surface area contributed by atoms with E-state index in [1.807, 2.05) is 0 Å². The summed E-state index contributed by atoms with van der Waals surface area (Å²) in [5.41, 5.74) is 1.03. The number of nitrogens with zero attached hydrogens (tertiary/aromatic N) is 2. The fraction of sp³-hybridized carbons (Fsp3) is 1.00. The molecule has 4 aliphatic rings. The second-order valence-corrected chi connectivity index (χ2v) is 11.2. The normalized spacial score (nSPS) is 30.6. The van der Waals surface area contributed by atoms with Crippen molar-refractivity contribution in [2.75, 3.05) is 13.1 Å². The van der Waals surface area contributed by atoms with Crippen molar-refractivity contribution in [3.8, 4) is 0 Å². The van der Waals surface area contributed by atoms with E-state index in [4.69, 9.17) is 0 Å². The molecule has 2 saturated carbocycles. The molecule has 0 spiro atoms. The summed E-state index contributed by atoms with van der Waals surface area (Å²) >= 11 is 0. The summed E-state index contributed by atoms with van der Waals surface area (Å²) in [5.74, 6) is 0. The number of hydrogen-bond donors (Lipinski definition) is 0. The molecule has 2 aliphatic carbocycles. The number of hydrogen-bond acceptors (Lipinski definition) is 2. The van der Waals surface area contributed by atoms with Crippen LogP contribution in [-0.2, 0) is 17.1 Å². The summed E-state index contributed by atoms with van der Waals surface area (Å²) < 4.78 is 6.00. The molecule has 0 radical (unpaired) electrons. The van der Waals surface area contributed by atoms with Crippen LogP contribution < -0.4 is 0 Å². The van der Waals surface area contributed by atoms with Gasteiger partial charge in [0.05, 0.1) is 0 Å². The third kappa shape index (κ3) is 5.93. The Bertz CT molecular complexity index is 342. The average Bonchev–Trinajstić information content (AvgIpc) is 3.44. The van der Waals surface area contributed by atoms with Gasteiger partial charge in [0, 0.05) is 56.1 Å². The summed E-state index contributed by atoms with van der Waals surface area (Å²) in [6, 6.07) is 1.81. The Morgan fingerprint density at radius 2 is 1.04 bits per heavy atom. The predicted octanol–water partition coefficient (Wildman–Crippen LogP) is 6.94. The minimum Gasteiger partial charge on any atom is -0.267 e. The summed E-state index contributed by atoms with van der Waals surface area (Å²) in [7, 11) is 0.0123. The van der Waals surface area contributed by atoms with Crippen molar-refractivity contribution in [1.82, 2.24) is 9.34 Å². The minimum atomic E-state index is 0. The minimum absolute atomic E-state index is 0. The second-order valence-electron chi connectivity index (χ2n) is 8.76. The van der Waals surface area contributed by atoms with E-state index in [9.17, 15) is 0 Å². The zero-order valence-electron chi connectivity index (χ0n) is 17.4. The van der Waals surface area contributed by atoms with Gasteiger partial charge in [0.15, 0.2) is 0 Å². The largest absolute Gasteiger partial charge is 0.267 e. The molecule has 0 aromatic heterocycles. The fourth-order valence-corrected chi connectivity index (χ4v) is 9.48. The van der Waals surface area contributed by atoms with Crippen LogP contribution in [0.1, 0.15) is 110 Å². The van der Waals surface area contributed by atoms with Crippen LogP contribution in [0.4, 0.5) is 0 Å². The van der Waals surface area contributed by atoms with Crippen molar-refractivity contribution in [3.05, 3.63) is 0 Å².